The van der Waals surface area contributed by atoms with Gasteiger partial charge in [-0.05, 0) is 35.0 Å². The van der Waals surface area contributed by atoms with Crippen LogP contribution in [-0.2, 0) is 19.7 Å². The van der Waals surface area contributed by atoms with Crippen molar-refractivity contribution in [3.63, 3.8) is 0 Å². The van der Waals surface area contributed by atoms with Crippen LogP contribution in [-0.4, -0.2) is 62.5 Å². The van der Waals surface area contributed by atoms with Crippen LogP contribution < -0.4 is 0 Å². The Hall–Kier alpha value is -2.65. The molecule has 172 valence electrons. The van der Waals surface area contributed by atoms with Crippen molar-refractivity contribution in [3.8, 4) is 0 Å². The standard InChI is InChI=1S/C23H21Cl2N3O4S/c24-20-7-5-19(22(25)14-20)15-26-32-16-23(29)27-9-11-28(12-10-27)33(30,31)21-8-6-17-3-1-2-4-18(17)13-21/h1-8,13-15H,9-12,16H2. The summed E-state index contributed by atoms with van der Waals surface area (Å²) in [5.41, 5.74) is 0.612. The summed E-state index contributed by atoms with van der Waals surface area (Å²) in [5, 5.41) is 6.56. The number of amides is 1. The Morgan fingerprint density at radius 3 is 2.42 bits per heavy atom. The first-order valence-electron chi connectivity index (χ1n) is 10.2. The summed E-state index contributed by atoms with van der Waals surface area (Å²) >= 11 is 11.9. The second kappa shape index (κ2) is 10.1. The van der Waals surface area contributed by atoms with Gasteiger partial charge in [-0.25, -0.2) is 8.42 Å². The Morgan fingerprint density at radius 1 is 0.970 bits per heavy atom. The topological polar surface area (TPSA) is 79.3 Å². The predicted octanol–water partition coefficient (Wildman–Crippen LogP) is 4.03. The van der Waals surface area contributed by atoms with Gasteiger partial charge in [-0.15, -0.1) is 0 Å². The first-order valence-corrected chi connectivity index (χ1v) is 12.4. The van der Waals surface area contributed by atoms with Crippen molar-refractivity contribution in [3.05, 3.63) is 76.3 Å². The van der Waals surface area contributed by atoms with E-state index in [-0.39, 0.29) is 43.6 Å². The number of carbonyl (C=O) groups is 1. The Morgan fingerprint density at radius 2 is 1.70 bits per heavy atom. The lowest BCUT2D eigenvalue weighted by Crippen LogP contribution is -2.51. The smallest absolute Gasteiger partial charge is 0.263 e. The molecule has 0 N–H and O–H groups in total. The van der Waals surface area contributed by atoms with Crippen LogP contribution in [0.4, 0.5) is 0 Å². The zero-order valence-corrected chi connectivity index (χ0v) is 19.9. The number of sulfonamides is 1. The van der Waals surface area contributed by atoms with E-state index in [0.29, 0.717) is 15.6 Å². The van der Waals surface area contributed by atoms with Crippen LogP contribution in [0.5, 0.6) is 0 Å². The minimum absolute atomic E-state index is 0.213. The molecule has 1 amide bonds. The van der Waals surface area contributed by atoms with E-state index in [1.165, 1.54) is 10.5 Å². The van der Waals surface area contributed by atoms with E-state index < -0.39 is 10.0 Å². The van der Waals surface area contributed by atoms with Crippen LogP contribution in [0.2, 0.25) is 10.0 Å². The Bertz CT molecular complexity index is 1310. The maximum Gasteiger partial charge on any atom is 0.263 e. The van der Waals surface area contributed by atoms with Crippen molar-refractivity contribution < 1.29 is 18.0 Å². The SMILES string of the molecule is O=C(CON=Cc1ccc(Cl)cc1Cl)N1CCN(S(=O)(=O)c2ccc3ccccc3c2)CC1. The summed E-state index contributed by atoms with van der Waals surface area (Å²) in [6.07, 6.45) is 1.40. The van der Waals surface area contributed by atoms with Gasteiger partial charge in [-0.1, -0.05) is 64.8 Å². The molecule has 1 fully saturated rings. The van der Waals surface area contributed by atoms with Crippen molar-refractivity contribution in [1.82, 2.24) is 9.21 Å². The molecular weight excluding hydrogens is 485 g/mol. The summed E-state index contributed by atoms with van der Waals surface area (Å²) in [6.45, 7) is 0.734. The van der Waals surface area contributed by atoms with Crippen molar-refractivity contribution in [2.24, 2.45) is 5.16 Å². The Balaban J connectivity index is 1.31. The molecule has 1 aliphatic rings. The zero-order valence-electron chi connectivity index (χ0n) is 17.5. The molecule has 1 saturated heterocycles. The zero-order chi connectivity index (χ0) is 23.4. The molecule has 0 unspecified atom stereocenters. The summed E-state index contributed by atoms with van der Waals surface area (Å²) in [7, 11) is -3.64. The van der Waals surface area contributed by atoms with E-state index in [2.05, 4.69) is 5.16 Å². The highest BCUT2D eigenvalue weighted by Gasteiger charge is 2.30. The second-order valence-electron chi connectivity index (χ2n) is 7.47. The summed E-state index contributed by atoms with van der Waals surface area (Å²) in [4.78, 5) is 19.3. The molecule has 10 heteroatoms. The predicted molar refractivity (Wildman–Crippen MR) is 129 cm³/mol. The van der Waals surface area contributed by atoms with Gasteiger partial charge in [0.05, 0.1) is 16.1 Å². The number of benzene rings is 3. The molecule has 0 bridgehead atoms. The molecule has 0 aliphatic carbocycles. The van der Waals surface area contributed by atoms with Crippen LogP contribution in [0.3, 0.4) is 0 Å². The number of rotatable bonds is 6. The van der Waals surface area contributed by atoms with Gasteiger partial charge in [-0.2, -0.15) is 4.31 Å². The molecule has 1 heterocycles. The average Bonchev–Trinajstić information content (AvgIpc) is 2.82. The molecule has 0 spiro atoms. The van der Waals surface area contributed by atoms with Gasteiger partial charge in [0.15, 0.2) is 6.61 Å². The first-order chi connectivity index (χ1) is 15.8. The molecule has 0 saturated carbocycles. The van der Waals surface area contributed by atoms with E-state index in [0.717, 1.165) is 10.8 Å². The third-order valence-electron chi connectivity index (χ3n) is 5.37. The van der Waals surface area contributed by atoms with E-state index in [4.69, 9.17) is 28.0 Å². The fraction of sp³-hybridized carbons (Fsp3) is 0.217. The summed E-state index contributed by atoms with van der Waals surface area (Å²) in [6, 6.07) is 17.7. The lowest BCUT2D eigenvalue weighted by molar-refractivity contribution is -0.137. The van der Waals surface area contributed by atoms with Crippen molar-refractivity contribution in [2.45, 2.75) is 4.90 Å². The quantitative estimate of drug-likeness (QED) is 0.374. The molecule has 3 aromatic carbocycles. The molecule has 4 rings (SSSR count). The number of fused-ring (bicyclic) bond motifs is 1. The minimum atomic E-state index is -3.64. The third-order valence-corrected chi connectivity index (χ3v) is 7.82. The third kappa shape index (κ3) is 5.47. The highest BCUT2D eigenvalue weighted by atomic mass is 35.5. The first kappa shape index (κ1) is 23.5. The fourth-order valence-electron chi connectivity index (χ4n) is 3.54. The molecule has 0 radical (unpaired) electrons. The molecular formula is C23H21Cl2N3O4S. The van der Waals surface area contributed by atoms with E-state index in [1.54, 1.807) is 41.3 Å². The lowest BCUT2D eigenvalue weighted by atomic mass is 10.1. The molecule has 3 aromatic rings. The van der Waals surface area contributed by atoms with E-state index in [1.807, 2.05) is 24.3 Å². The van der Waals surface area contributed by atoms with Crippen LogP contribution >= 0.6 is 23.2 Å². The molecule has 0 aromatic heterocycles. The average molecular weight is 506 g/mol. The van der Waals surface area contributed by atoms with Gasteiger partial charge < -0.3 is 9.74 Å². The number of piperazine rings is 1. The van der Waals surface area contributed by atoms with Crippen molar-refractivity contribution >= 4 is 56.1 Å². The number of carbonyl (C=O) groups excluding carboxylic acids is 1. The summed E-state index contributed by atoms with van der Waals surface area (Å²) < 4.78 is 27.5. The highest BCUT2D eigenvalue weighted by Crippen LogP contribution is 2.23. The number of nitrogens with zero attached hydrogens (tertiary/aromatic N) is 3. The van der Waals surface area contributed by atoms with Gasteiger partial charge >= 0.3 is 0 Å². The lowest BCUT2D eigenvalue weighted by Gasteiger charge is -2.33. The van der Waals surface area contributed by atoms with Crippen LogP contribution in [0.1, 0.15) is 5.56 Å². The molecule has 0 atom stereocenters. The van der Waals surface area contributed by atoms with Crippen LogP contribution in [0, 0.1) is 0 Å². The van der Waals surface area contributed by atoms with Crippen molar-refractivity contribution in [1.29, 1.82) is 0 Å². The Kier molecular flexibility index (Phi) is 7.19. The van der Waals surface area contributed by atoms with Crippen molar-refractivity contribution in [2.75, 3.05) is 32.8 Å². The van der Waals surface area contributed by atoms with Gasteiger partial charge in [0.25, 0.3) is 5.91 Å². The molecule has 33 heavy (non-hydrogen) atoms. The van der Waals surface area contributed by atoms with E-state index >= 15 is 0 Å². The number of halogens is 2. The highest BCUT2D eigenvalue weighted by molar-refractivity contribution is 7.89. The Labute approximate surface area is 202 Å². The second-order valence-corrected chi connectivity index (χ2v) is 10.2. The minimum Gasteiger partial charge on any atom is -0.386 e. The number of hydrogen-bond acceptors (Lipinski definition) is 5. The largest absolute Gasteiger partial charge is 0.386 e. The maximum atomic E-state index is 13.1. The molecule has 7 nitrogen and oxygen atoms in total. The van der Waals surface area contributed by atoms with Crippen LogP contribution in [0.25, 0.3) is 10.8 Å². The van der Waals surface area contributed by atoms with Gasteiger partial charge in [-0.3, -0.25) is 4.79 Å². The van der Waals surface area contributed by atoms with Gasteiger partial charge in [0, 0.05) is 36.8 Å². The number of hydrogen-bond donors (Lipinski definition) is 0. The maximum absolute atomic E-state index is 13.1. The normalized spacial score (nSPS) is 15.3. The molecule has 1 aliphatic heterocycles. The number of oxime groups is 1. The van der Waals surface area contributed by atoms with Gasteiger partial charge in [0.2, 0.25) is 10.0 Å². The monoisotopic (exact) mass is 505 g/mol. The van der Waals surface area contributed by atoms with E-state index in [9.17, 15) is 13.2 Å². The van der Waals surface area contributed by atoms with Gasteiger partial charge in [0.1, 0.15) is 0 Å². The fourth-order valence-corrected chi connectivity index (χ4v) is 5.45. The van der Waals surface area contributed by atoms with Crippen LogP contribution in [0.15, 0.2) is 70.7 Å². The summed E-state index contributed by atoms with van der Waals surface area (Å²) in [5.74, 6) is -0.267.